The van der Waals surface area contributed by atoms with Gasteiger partial charge in [-0.3, -0.25) is 4.79 Å². The molecule has 0 radical (unpaired) electrons. The molecule has 6 nitrogen and oxygen atoms in total. The number of hydrogen-bond acceptors (Lipinski definition) is 7. The Bertz CT molecular complexity index is 1040. The molecule has 1 heterocycles. The SMILES string of the molecule is COc1ccc(SCC(=O)Nc2nc3ccc(S(C)(=O)=O)cc3s2)cc1. The molecule has 0 aliphatic rings. The first-order chi connectivity index (χ1) is 12.3. The average molecular weight is 409 g/mol. The highest BCUT2D eigenvalue weighted by Crippen LogP contribution is 2.28. The van der Waals surface area contributed by atoms with Gasteiger partial charge in [0.1, 0.15) is 5.75 Å². The minimum Gasteiger partial charge on any atom is -0.497 e. The lowest BCUT2D eigenvalue weighted by Gasteiger charge is -2.03. The molecule has 0 saturated carbocycles. The summed E-state index contributed by atoms with van der Waals surface area (Å²) in [5.74, 6) is 0.839. The monoisotopic (exact) mass is 408 g/mol. The van der Waals surface area contributed by atoms with Crippen molar-refractivity contribution in [1.82, 2.24) is 4.98 Å². The van der Waals surface area contributed by atoms with Crippen LogP contribution in [0.25, 0.3) is 10.2 Å². The molecule has 0 bridgehead atoms. The second-order valence-electron chi connectivity index (χ2n) is 5.43. The summed E-state index contributed by atoms with van der Waals surface area (Å²) in [5, 5.41) is 3.21. The zero-order valence-corrected chi connectivity index (χ0v) is 16.5. The molecule has 0 aliphatic heterocycles. The molecular weight excluding hydrogens is 392 g/mol. The van der Waals surface area contributed by atoms with E-state index in [-0.39, 0.29) is 16.6 Å². The topological polar surface area (TPSA) is 85.4 Å². The molecule has 0 atom stereocenters. The van der Waals surface area contributed by atoms with E-state index in [1.54, 1.807) is 19.2 Å². The molecule has 0 aliphatic carbocycles. The fourth-order valence-corrected chi connectivity index (χ4v) is 4.51. The van der Waals surface area contributed by atoms with Crippen LogP contribution in [0.15, 0.2) is 52.3 Å². The number of anilines is 1. The van der Waals surface area contributed by atoms with Gasteiger partial charge in [-0.15, -0.1) is 11.8 Å². The summed E-state index contributed by atoms with van der Waals surface area (Å²) in [5.41, 5.74) is 0.653. The second kappa shape index (κ2) is 7.65. The summed E-state index contributed by atoms with van der Waals surface area (Å²) in [6, 6.07) is 12.2. The Kier molecular flexibility index (Phi) is 5.49. The third kappa shape index (κ3) is 4.54. The highest BCUT2D eigenvalue weighted by molar-refractivity contribution is 8.00. The van der Waals surface area contributed by atoms with E-state index >= 15 is 0 Å². The number of benzene rings is 2. The first-order valence-corrected chi connectivity index (χ1v) is 11.2. The lowest BCUT2D eigenvalue weighted by Crippen LogP contribution is -2.13. The molecule has 1 aromatic heterocycles. The molecule has 136 valence electrons. The number of carbonyl (C=O) groups excluding carboxylic acids is 1. The highest BCUT2D eigenvalue weighted by atomic mass is 32.2. The van der Waals surface area contributed by atoms with Crippen LogP contribution in [0.5, 0.6) is 5.75 Å². The first kappa shape index (κ1) is 18.7. The van der Waals surface area contributed by atoms with Crippen molar-refractivity contribution in [2.45, 2.75) is 9.79 Å². The van der Waals surface area contributed by atoms with Crippen molar-refractivity contribution in [2.24, 2.45) is 0 Å². The van der Waals surface area contributed by atoms with Crippen molar-refractivity contribution in [2.75, 3.05) is 24.4 Å². The van der Waals surface area contributed by atoms with Gasteiger partial charge < -0.3 is 10.1 Å². The van der Waals surface area contributed by atoms with E-state index in [0.29, 0.717) is 15.3 Å². The molecule has 26 heavy (non-hydrogen) atoms. The number of carbonyl (C=O) groups is 1. The zero-order chi connectivity index (χ0) is 18.7. The van der Waals surface area contributed by atoms with E-state index in [9.17, 15) is 13.2 Å². The summed E-state index contributed by atoms with van der Waals surface area (Å²) in [7, 11) is -1.67. The number of hydrogen-bond donors (Lipinski definition) is 1. The van der Waals surface area contributed by atoms with Gasteiger partial charge in [-0.1, -0.05) is 11.3 Å². The molecule has 3 rings (SSSR count). The lowest BCUT2D eigenvalue weighted by atomic mass is 10.3. The van der Waals surface area contributed by atoms with Gasteiger partial charge in [0.15, 0.2) is 15.0 Å². The van der Waals surface area contributed by atoms with Gasteiger partial charge in [0.25, 0.3) is 0 Å². The fourth-order valence-electron chi connectivity index (χ4n) is 2.17. The van der Waals surface area contributed by atoms with Crippen LogP contribution in [0.2, 0.25) is 0 Å². The molecule has 2 aromatic carbocycles. The van der Waals surface area contributed by atoms with Gasteiger partial charge in [-0.25, -0.2) is 13.4 Å². The summed E-state index contributed by atoms with van der Waals surface area (Å²) < 4.78 is 29.1. The Morgan fingerprint density at radius 3 is 2.62 bits per heavy atom. The van der Waals surface area contributed by atoms with Crippen molar-refractivity contribution >= 4 is 54.2 Å². The van der Waals surface area contributed by atoms with Gasteiger partial charge >= 0.3 is 0 Å². The number of fused-ring (bicyclic) bond motifs is 1. The molecule has 3 aromatic rings. The molecule has 0 spiro atoms. The Balaban J connectivity index is 1.65. The van der Waals surface area contributed by atoms with Gasteiger partial charge in [-0.05, 0) is 42.5 Å². The minimum atomic E-state index is -3.27. The molecule has 0 saturated heterocycles. The Morgan fingerprint density at radius 2 is 1.96 bits per heavy atom. The van der Waals surface area contributed by atoms with Crippen LogP contribution in [0.1, 0.15) is 0 Å². The van der Waals surface area contributed by atoms with Gasteiger partial charge in [0, 0.05) is 11.2 Å². The summed E-state index contributed by atoms with van der Waals surface area (Å²) >= 11 is 2.66. The van der Waals surface area contributed by atoms with Crippen molar-refractivity contribution in [3.05, 3.63) is 42.5 Å². The fraction of sp³-hybridized carbons (Fsp3) is 0.176. The van der Waals surface area contributed by atoms with Crippen LogP contribution in [-0.4, -0.2) is 38.4 Å². The molecule has 1 N–H and O–H groups in total. The predicted octanol–water partition coefficient (Wildman–Crippen LogP) is 3.44. The van der Waals surface area contributed by atoms with Crippen molar-refractivity contribution < 1.29 is 17.9 Å². The predicted molar refractivity (Wildman–Crippen MR) is 105 cm³/mol. The Hall–Kier alpha value is -2.10. The average Bonchev–Trinajstić information content (AvgIpc) is 3.01. The number of sulfone groups is 1. The molecule has 0 fully saturated rings. The zero-order valence-electron chi connectivity index (χ0n) is 14.1. The van der Waals surface area contributed by atoms with Crippen LogP contribution in [0.4, 0.5) is 5.13 Å². The quantitative estimate of drug-likeness (QED) is 0.629. The van der Waals surface area contributed by atoms with E-state index < -0.39 is 9.84 Å². The Labute approximate surface area is 159 Å². The summed E-state index contributed by atoms with van der Waals surface area (Å²) in [6.07, 6.45) is 1.16. The number of thiazole rings is 1. The number of amides is 1. The largest absolute Gasteiger partial charge is 0.497 e. The molecule has 0 unspecified atom stereocenters. The number of methoxy groups -OCH3 is 1. The van der Waals surface area contributed by atoms with E-state index in [0.717, 1.165) is 16.9 Å². The van der Waals surface area contributed by atoms with E-state index in [4.69, 9.17) is 4.74 Å². The maximum atomic E-state index is 12.1. The first-order valence-electron chi connectivity index (χ1n) is 7.52. The van der Waals surface area contributed by atoms with Crippen molar-refractivity contribution in [3.8, 4) is 5.75 Å². The van der Waals surface area contributed by atoms with Crippen LogP contribution in [-0.2, 0) is 14.6 Å². The standard InChI is InChI=1S/C17H16N2O4S3/c1-23-11-3-5-12(6-4-11)24-10-16(20)19-17-18-14-8-7-13(26(2,21)22)9-15(14)25-17/h3-9H,10H2,1-2H3,(H,18,19,20). The third-order valence-corrected chi connectivity index (χ3v) is 6.52. The smallest absolute Gasteiger partial charge is 0.236 e. The van der Waals surface area contributed by atoms with Crippen LogP contribution < -0.4 is 10.1 Å². The second-order valence-corrected chi connectivity index (χ2v) is 9.53. The number of thioether (sulfide) groups is 1. The summed E-state index contributed by atoms with van der Waals surface area (Å²) in [4.78, 5) is 17.6. The number of rotatable bonds is 6. The van der Waals surface area contributed by atoms with E-state index in [2.05, 4.69) is 10.3 Å². The van der Waals surface area contributed by atoms with Crippen molar-refractivity contribution in [1.29, 1.82) is 0 Å². The van der Waals surface area contributed by atoms with Gasteiger partial charge in [0.2, 0.25) is 5.91 Å². The molecule has 9 heteroatoms. The van der Waals surface area contributed by atoms with Crippen LogP contribution in [0.3, 0.4) is 0 Å². The van der Waals surface area contributed by atoms with Gasteiger partial charge in [-0.2, -0.15) is 0 Å². The maximum Gasteiger partial charge on any atom is 0.236 e. The maximum absolute atomic E-state index is 12.1. The normalized spacial score (nSPS) is 11.5. The number of nitrogens with one attached hydrogen (secondary N) is 1. The summed E-state index contributed by atoms with van der Waals surface area (Å²) in [6.45, 7) is 0. The van der Waals surface area contributed by atoms with Crippen LogP contribution >= 0.6 is 23.1 Å². The number of ether oxygens (including phenoxy) is 1. The molecular formula is C17H16N2O4S3. The van der Waals surface area contributed by atoms with E-state index in [1.165, 1.54) is 29.2 Å². The van der Waals surface area contributed by atoms with Crippen molar-refractivity contribution in [3.63, 3.8) is 0 Å². The lowest BCUT2D eigenvalue weighted by molar-refractivity contribution is -0.113. The third-order valence-electron chi connectivity index (χ3n) is 3.46. The Morgan fingerprint density at radius 1 is 1.23 bits per heavy atom. The minimum absolute atomic E-state index is 0.173. The van der Waals surface area contributed by atoms with Crippen LogP contribution in [0, 0.1) is 0 Å². The van der Waals surface area contributed by atoms with Gasteiger partial charge in [0.05, 0.1) is 28.0 Å². The molecule has 1 amide bonds. The van der Waals surface area contributed by atoms with E-state index in [1.807, 2.05) is 24.3 Å². The highest BCUT2D eigenvalue weighted by Gasteiger charge is 2.12. The number of nitrogens with zero attached hydrogens (tertiary/aromatic N) is 1. The number of aromatic nitrogens is 1.